The van der Waals surface area contributed by atoms with Crippen LogP contribution in [0.5, 0.6) is 0 Å². The maximum Gasteiger partial charge on any atom is -0.0274 e. The molecule has 0 saturated heterocycles. The van der Waals surface area contributed by atoms with Crippen LogP contribution in [-0.2, 0) is 0 Å². The Hall–Kier alpha value is -0.740. The molecule has 0 aliphatic carbocycles. The number of unbranched alkanes of at least 4 members (excludes halogenated alkanes) is 3. The summed E-state index contributed by atoms with van der Waals surface area (Å²) < 4.78 is 0. The molecule has 0 aliphatic rings. The third-order valence-corrected chi connectivity index (χ3v) is 1.29. The molecule has 0 bridgehead atoms. The first kappa shape index (κ1) is 9.26. The van der Waals surface area contributed by atoms with Gasteiger partial charge in [-0.2, -0.15) is 0 Å². The van der Waals surface area contributed by atoms with Gasteiger partial charge in [0.15, 0.2) is 0 Å². The van der Waals surface area contributed by atoms with Gasteiger partial charge in [0.25, 0.3) is 0 Å². The molecule has 0 aromatic rings. The summed E-state index contributed by atoms with van der Waals surface area (Å²) in [7, 11) is 0. The van der Waals surface area contributed by atoms with Crippen LogP contribution in [0, 0.1) is 0 Å². The highest BCUT2D eigenvalue weighted by Gasteiger charge is 1.80. The van der Waals surface area contributed by atoms with Gasteiger partial charge >= 0.3 is 0 Å². The van der Waals surface area contributed by atoms with E-state index in [-0.39, 0.29) is 0 Å². The Morgan fingerprint density at radius 3 is 2.60 bits per heavy atom. The molecule has 10 heavy (non-hydrogen) atoms. The molecule has 56 valence electrons. The fraction of sp³-hybridized carbons (Fsp3) is 0.500. The van der Waals surface area contributed by atoms with Gasteiger partial charge in [0, 0.05) is 0 Å². The van der Waals surface area contributed by atoms with E-state index in [2.05, 4.69) is 18.4 Å². The van der Waals surface area contributed by atoms with E-state index in [0.717, 1.165) is 12.8 Å². The summed E-state index contributed by atoms with van der Waals surface area (Å²) >= 11 is 0. The van der Waals surface area contributed by atoms with Crippen molar-refractivity contribution in [2.45, 2.75) is 32.6 Å². The Bertz CT molecular complexity index is 125. The summed E-state index contributed by atoms with van der Waals surface area (Å²) in [6, 6.07) is 0. The molecule has 0 unspecified atom stereocenters. The van der Waals surface area contributed by atoms with Crippen molar-refractivity contribution in [2.24, 2.45) is 0 Å². The zero-order chi connectivity index (χ0) is 7.66. The SMILES string of the molecule is C=CCCCCC=C=CC. The van der Waals surface area contributed by atoms with Crippen molar-refractivity contribution in [3.8, 4) is 0 Å². The van der Waals surface area contributed by atoms with Crippen LogP contribution in [0.15, 0.2) is 30.5 Å². The van der Waals surface area contributed by atoms with Crippen LogP contribution in [0.3, 0.4) is 0 Å². The van der Waals surface area contributed by atoms with E-state index in [1.165, 1.54) is 12.8 Å². The van der Waals surface area contributed by atoms with Crippen molar-refractivity contribution < 1.29 is 0 Å². The van der Waals surface area contributed by atoms with Gasteiger partial charge in [0.1, 0.15) is 0 Å². The third-order valence-electron chi connectivity index (χ3n) is 1.29. The first-order valence-corrected chi connectivity index (χ1v) is 3.88. The molecule has 0 spiro atoms. The van der Waals surface area contributed by atoms with Crippen LogP contribution in [-0.4, -0.2) is 0 Å². The fourth-order valence-electron chi connectivity index (χ4n) is 0.736. The summed E-state index contributed by atoms with van der Waals surface area (Å²) in [5, 5.41) is 0. The Balaban J connectivity index is 3.04. The molecule has 0 atom stereocenters. The quantitative estimate of drug-likeness (QED) is 0.308. The maximum absolute atomic E-state index is 3.66. The minimum Gasteiger partial charge on any atom is -0.130 e. The van der Waals surface area contributed by atoms with E-state index in [4.69, 9.17) is 0 Å². The molecule has 0 aliphatic heterocycles. The molecular formula is C10H16. The molecule has 0 heterocycles. The van der Waals surface area contributed by atoms with Gasteiger partial charge in [-0.3, -0.25) is 0 Å². The van der Waals surface area contributed by atoms with Crippen molar-refractivity contribution in [3.63, 3.8) is 0 Å². The van der Waals surface area contributed by atoms with Gasteiger partial charge in [-0.15, -0.1) is 12.3 Å². The van der Waals surface area contributed by atoms with Gasteiger partial charge in [0.05, 0.1) is 0 Å². The molecule has 0 aromatic heterocycles. The first-order chi connectivity index (χ1) is 4.91. The lowest BCUT2D eigenvalue weighted by Gasteiger charge is -1.89. The summed E-state index contributed by atoms with van der Waals surface area (Å²) in [6.07, 6.45) is 10.8. The minimum absolute atomic E-state index is 1.14. The van der Waals surface area contributed by atoms with Crippen molar-refractivity contribution in [3.05, 3.63) is 30.5 Å². The Kier molecular flexibility index (Phi) is 7.65. The highest BCUT2D eigenvalue weighted by atomic mass is 13.9. The largest absolute Gasteiger partial charge is 0.130 e. The maximum atomic E-state index is 3.66. The Morgan fingerprint density at radius 1 is 1.30 bits per heavy atom. The second-order valence-corrected chi connectivity index (χ2v) is 2.23. The van der Waals surface area contributed by atoms with Crippen LogP contribution in [0.4, 0.5) is 0 Å². The monoisotopic (exact) mass is 136 g/mol. The van der Waals surface area contributed by atoms with E-state index in [9.17, 15) is 0 Å². The average molecular weight is 136 g/mol. The molecule has 0 saturated carbocycles. The van der Waals surface area contributed by atoms with Crippen LogP contribution >= 0.6 is 0 Å². The second-order valence-electron chi connectivity index (χ2n) is 2.23. The van der Waals surface area contributed by atoms with Crippen molar-refractivity contribution >= 4 is 0 Å². The van der Waals surface area contributed by atoms with Crippen molar-refractivity contribution in [1.82, 2.24) is 0 Å². The first-order valence-electron chi connectivity index (χ1n) is 3.88. The molecule has 0 nitrogen and oxygen atoms in total. The molecular weight excluding hydrogens is 120 g/mol. The normalized spacial score (nSPS) is 8.10. The van der Waals surface area contributed by atoms with Crippen LogP contribution in [0.2, 0.25) is 0 Å². The zero-order valence-electron chi connectivity index (χ0n) is 6.77. The topological polar surface area (TPSA) is 0 Å². The second kappa shape index (κ2) is 8.26. The summed E-state index contributed by atoms with van der Waals surface area (Å²) in [5.41, 5.74) is 3.05. The van der Waals surface area contributed by atoms with Gasteiger partial charge in [0.2, 0.25) is 0 Å². The average Bonchev–Trinajstić information content (AvgIpc) is 1.97. The number of allylic oxidation sites excluding steroid dienone is 2. The molecule has 0 heteroatoms. The lowest BCUT2D eigenvalue weighted by Crippen LogP contribution is -1.69. The zero-order valence-corrected chi connectivity index (χ0v) is 6.77. The van der Waals surface area contributed by atoms with Crippen molar-refractivity contribution in [1.29, 1.82) is 0 Å². The van der Waals surface area contributed by atoms with E-state index >= 15 is 0 Å². The van der Waals surface area contributed by atoms with E-state index in [1.807, 2.05) is 19.1 Å². The van der Waals surface area contributed by atoms with Gasteiger partial charge in [-0.05, 0) is 44.8 Å². The number of hydrogen-bond donors (Lipinski definition) is 0. The predicted molar refractivity (Wildman–Crippen MR) is 47.0 cm³/mol. The number of rotatable bonds is 5. The van der Waals surface area contributed by atoms with Crippen LogP contribution in [0.1, 0.15) is 32.6 Å². The third kappa shape index (κ3) is 7.26. The van der Waals surface area contributed by atoms with E-state index in [0.29, 0.717) is 0 Å². The van der Waals surface area contributed by atoms with E-state index < -0.39 is 0 Å². The smallest absolute Gasteiger partial charge is 0.0274 e. The molecule has 0 radical (unpaired) electrons. The van der Waals surface area contributed by atoms with Gasteiger partial charge in [-0.1, -0.05) is 6.08 Å². The van der Waals surface area contributed by atoms with Crippen LogP contribution < -0.4 is 0 Å². The highest BCUT2D eigenvalue weighted by Crippen LogP contribution is 1.99. The number of hydrogen-bond acceptors (Lipinski definition) is 0. The summed E-state index contributed by atoms with van der Waals surface area (Å²) in [5.74, 6) is 0. The predicted octanol–water partition coefficient (Wildman–Crippen LogP) is 3.46. The Morgan fingerprint density at radius 2 is 2.00 bits per heavy atom. The standard InChI is InChI=1S/C10H16/c1-3-5-7-9-10-8-6-4-2/h3-4,8H,1,5,7,9-10H2,2H3. The van der Waals surface area contributed by atoms with Gasteiger partial charge < -0.3 is 0 Å². The summed E-state index contributed by atoms with van der Waals surface area (Å²) in [4.78, 5) is 0. The Labute approximate surface area is 64.0 Å². The lowest BCUT2D eigenvalue weighted by molar-refractivity contribution is 0.763. The van der Waals surface area contributed by atoms with Gasteiger partial charge in [-0.25, -0.2) is 0 Å². The van der Waals surface area contributed by atoms with E-state index in [1.54, 1.807) is 0 Å². The molecule has 0 fully saturated rings. The lowest BCUT2D eigenvalue weighted by atomic mass is 10.2. The fourth-order valence-corrected chi connectivity index (χ4v) is 0.736. The highest BCUT2D eigenvalue weighted by molar-refractivity contribution is 4.81. The molecule has 0 amide bonds. The van der Waals surface area contributed by atoms with Crippen molar-refractivity contribution in [2.75, 3.05) is 0 Å². The van der Waals surface area contributed by atoms with Crippen LogP contribution in [0.25, 0.3) is 0 Å². The summed E-state index contributed by atoms with van der Waals surface area (Å²) in [6.45, 7) is 5.65. The molecule has 0 N–H and O–H groups in total. The molecule has 0 rings (SSSR count). The molecule has 0 aromatic carbocycles. The minimum atomic E-state index is 1.14.